The lowest BCUT2D eigenvalue weighted by atomic mass is 9.84. The molecule has 0 saturated carbocycles. The molecule has 1 rings (SSSR count). The van der Waals surface area contributed by atoms with Crippen molar-refractivity contribution >= 4 is 6.03 Å². The molecule has 2 N–H and O–H groups in total. The Balaban J connectivity index is 2.82. The van der Waals surface area contributed by atoms with Gasteiger partial charge in [0.25, 0.3) is 0 Å². The summed E-state index contributed by atoms with van der Waals surface area (Å²) < 4.78 is 38.4. The highest BCUT2D eigenvalue weighted by Gasteiger charge is 2.32. The minimum Gasteiger partial charge on any atom is -0.394 e. The molecule has 0 heterocycles. The van der Waals surface area contributed by atoms with Gasteiger partial charge in [0.15, 0.2) is 0 Å². The molecule has 7 heteroatoms. The maximum Gasteiger partial charge on any atom is 0.416 e. The van der Waals surface area contributed by atoms with Gasteiger partial charge in [0.05, 0.1) is 18.2 Å². The number of aliphatic hydroxyl groups excluding tert-OH is 1. The van der Waals surface area contributed by atoms with E-state index >= 15 is 0 Å². The van der Waals surface area contributed by atoms with Gasteiger partial charge in [-0.25, -0.2) is 4.79 Å². The number of halogens is 3. The van der Waals surface area contributed by atoms with Crippen LogP contribution in [-0.2, 0) is 11.6 Å². The highest BCUT2D eigenvalue weighted by Crippen LogP contribution is 2.32. The van der Waals surface area contributed by atoms with Crippen LogP contribution in [0, 0.1) is 0 Å². The monoisotopic (exact) mass is 332 g/mol. The molecule has 0 spiro atoms. The molecule has 0 bridgehead atoms. The molecule has 0 radical (unpaired) electrons. The van der Waals surface area contributed by atoms with Crippen molar-refractivity contribution in [3.63, 3.8) is 0 Å². The first-order chi connectivity index (χ1) is 10.5. The normalized spacial score (nSPS) is 13.6. The van der Waals surface area contributed by atoms with Crippen LogP contribution in [0.3, 0.4) is 0 Å². The molecule has 1 atom stereocenters. The van der Waals surface area contributed by atoms with E-state index in [1.54, 1.807) is 33.9 Å². The van der Waals surface area contributed by atoms with Gasteiger partial charge in [-0.15, -0.1) is 0 Å². The summed E-state index contributed by atoms with van der Waals surface area (Å²) in [6.45, 7) is 5.23. The third kappa shape index (κ3) is 5.13. The van der Waals surface area contributed by atoms with Crippen molar-refractivity contribution in [2.24, 2.45) is 0 Å². The SMILES string of the molecule is C[C@@H](CO)N(C)C(=O)NCC(C)(C)c1cccc(C(F)(F)F)c1. The Labute approximate surface area is 134 Å². The molecule has 1 aromatic carbocycles. The lowest BCUT2D eigenvalue weighted by Gasteiger charge is -2.29. The highest BCUT2D eigenvalue weighted by molar-refractivity contribution is 5.74. The molecule has 0 unspecified atom stereocenters. The number of carbonyl (C=O) groups is 1. The Hall–Kier alpha value is -1.76. The van der Waals surface area contributed by atoms with Crippen LogP contribution >= 0.6 is 0 Å². The number of hydrogen-bond acceptors (Lipinski definition) is 2. The highest BCUT2D eigenvalue weighted by atomic mass is 19.4. The first kappa shape index (κ1) is 19.3. The number of rotatable bonds is 5. The standard InChI is InChI=1S/C16H23F3N2O2/c1-11(9-22)21(4)14(23)20-10-15(2,3)12-6-5-7-13(8-12)16(17,18)19/h5-8,11,22H,9-10H2,1-4H3,(H,20,23)/t11-/m0/s1. The molecule has 4 nitrogen and oxygen atoms in total. The zero-order valence-corrected chi connectivity index (χ0v) is 13.7. The van der Waals surface area contributed by atoms with E-state index in [1.165, 1.54) is 11.0 Å². The fourth-order valence-corrected chi connectivity index (χ4v) is 1.96. The summed E-state index contributed by atoms with van der Waals surface area (Å²) >= 11 is 0. The van der Waals surface area contributed by atoms with Gasteiger partial charge in [0.1, 0.15) is 0 Å². The summed E-state index contributed by atoms with van der Waals surface area (Å²) in [6, 6.07) is 4.38. The quantitative estimate of drug-likeness (QED) is 0.871. The molecule has 0 aromatic heterocycles. The molecular weight excluding hydrogens is 309 g/mol. The Morgan fingerprint density at radius 3 is 2.39 bits per heavy atom. The van der Waals surface area contributed by atoms with Crippen LogP contribution < -0.4 is 5.32 Å². The Bertz CT molecular complexity index is 544. The van der Waals surface area contributed by atoms with Crippen LogP contribution in [0.5, 0.6) is 0 Å². The zero-order valence-electron chi connectivity index (χ0n) is 13.7. The fraction of sp³-hybridized carbons (Fsp3) is 0.562. The van der Waals surface area contributed by atoms with Gasteiger partial charge in [0.2, 0.25) is 0 Å². The number of likely N-dealkylation sites (N-methyl/N-ethyl adjacent to an activating group) is 1. The van der Waals surface area contributed by atoms with Crippen LogP contribution in [0.4, 0.5) is 18.0 Å². The van der Waals surface area contributed by atoms with Gasteiger partial charge in [-0.05, 0) is 18.6 Å². The second-order valence-corrected chi connectivity index (χ2v) is 6.26. The van der Waals surface area contributed by atoms with E-state index in [2.05, 4.69) is 5.32 Å². The number of aliphatic hydroxyl groups is 1. The van der Waals surface area contributed by atoms with Crippen molar-refractivity contribution in [3.05, 3.63) is 35.4 Å². The van der Waals surface area contributed by atoms with E-state index in [0.29, 0.717) is 5.56 Å². The second-order valence-electron chi connectivity index (χ2n) is 6.26. The third-order valence-electron chi connectivity index (χ3n) is 3.90. The Morgan fingerprint density at radius 1 is 1.30 bits per heavy atom. The van der Waals surface area contributed by atoms with Gasteiger partial charge in [-0.3, -0.25) is 0 Å². The minimum absolute atomic E-state index is 0.166. The van der Waals surface area contributed by atoms with Crippen LogP contribution in [0.15, 0.2) is 24.3 Å². The Morgan fingerprint density at radius 2 is 1.87 bits per heavy atom. The lowest BCUT2D eigenvalue weighted by Crippen LogP contribution is -2.47. The van der Waals surface area contributed by atoms with E-state index in [9.17, 15) is 18.0 Å². The first-order valence-electron chi connectivity index (χ1n) is 7.28. The molecule has 2 amide bonds. The van der Waals surface area contributed by atoms with Crippen molar-refractivity contribution in [3.8, 4) is 0 Å². The summed E-state index contributed by atoms with van der Waals surface area (Å²) in [5.41, 5.74) is -0.883. The molecule has 0 aliphatic rings. The fourth-order valence-electron chi connectivity index (χ4n) is 1.96. The molecule has 1 aromatic rings. The van der Waals surface area contributed by atoms with Gasteiger partial charge in [-0.2, -0.15) is 13.2 Å². The molecule has 0 aliphatic heterocycles. The van der Waals surface area contributed by atoms with Crippen LogP contribution in [-0.4, -0.2) is 42.3 Å². The number of alkyl halides is 3. The maximum atomic E-state index is 12.8. The van der Waals surface area contributed by atoms with Crippen molar-refractivity contribution in [2.45, 2.75) is 38.4 Å². The lowest BCUT2D eigenvalue weighted by molar-refractivity contribution is -0.137. The predicted octanol–water partition coefficient (Wildman–Crippen LogP) is 3.01. The van der Waals surface area contributed by atoms with E-state index < -0.39 is 17.2 Å². The van der Waals surface area contributed by atoms with Gasteiger partial charge < -0.3 is 15.3 Å². The number of urea groups is 1. The van der Waals surface area contributed by atoms with Crippen molar-refractivity contribution in [1.29, 1.82) is 0 Å². The Kier molecular flexibility index (Phi) is 6.04. The smallest absolute Gasteiger partial charge is 0.394 e. The average Bonchev–Trinajstić information content (AvgIpc) is 2.50. The number of nitrogens with one attached hydrogen (secondary N) is 1. The van der Waals surface area contributed by atoms with Crippen LogP contribution in [0.1, 0.15) is 31.9 Å². The van der Waals surface area contributed by atoms with Crippen LogP contribution in [0.2, 0.25) is 0 Å². The number of nitrogens with zero attached hydrogens (tertiary/aromatic N) is 1. The summed E-state index contributed by atoms with van der Waals surface area (Å²) in [4.78, 5) is 13.3. The van der Waals surface area contributed by atoms with Gasteiger partial charge in [0, 0.05) is 19.0 Å². The summed E-state index contributed by atoms with van der Waals surface area (Å²) in [5.74, 6) is 0. The third-order valence-corrected chi connectivity index (χ3v) is 3.90. The summed E-state index contributed by atoms with van der Waals surface area (Å²) in [7, 11) is 1.55. The average molecular weight is 332 g/mol. The largest absolute Gasteiger partial charge is 0.416 e. The molecule has 0 fully saturated rings. The number of hydrogen-bond donors (Lipinski definition) is 2. The molecule has 0 saturated heterocycles. The number of amides is 2. The van der Waals surface area contributed by atoms with Crippen molar-refractivity contribution in [2.75, 3.05) is 20.2 Å². The number of carbonyl (C=O) groups excluding carboxylic acids is 1. The molecule has 130 valence electrons. The minimum atomic E-state index is -4.40. The van der Waals surface area contributed by atoms with Crippen molar-refractivity contribution in [1.82, 2.24) is 10.2 Å². The number of benzene rings is 1. The second kappa shape index (κ2) is 7.21. The van der Waals surface area contributed by atoms with E-state index in [4.69, 9.17) is 5.11 Å². The van der Waals surface area contributed by atoms with Crippen molar-refractivity contribution < 1.29 is 23.1 Å². The first-order valence-corrected chi connectivity index (χ1v) is 7.28. The zero-order chi connectivity index (χ0) is 17.8. The van der Waals surface area contributed by atoms with Gasteiger partial charge >= 0.3 is 12.2 Å². The van der Waals surface area contributed by atoms with E-state index in [1.807, 2.05) is 0 Å². The molecule has 0 aliphatic carbocycles. The maximum absolute atomic E-state index is 12.8. The predicted molar refractivity (Wildman–Crippen MR) is 82.2 cm³/mol. The molecular formula is C16H23F3N2O2. The van der Waals surface area contributed by atoms with Gasteiger partial charge in [-0.1, -0.05) is 32.0 Å². The summed E-state index contributed by atoms with van der Waals surface area (Å²) in [5, 5.41) is 11.7. The van der Waals surface area contributed by atoms with Crippen LogP contribution in [0.25, 0.3) is 0 Å². The van der Waals surface area contributed by atoms with E-state index in [-0.39, 0.29) is 25.2 Å². The van der Waals surface area contributed by atoms with E-state index in [0.717, 1.165) is 12.1 Å². The molecule has 23 heavy (non-hydrogen) atoms. The topological polar surface area (TPSA) is 52.6 Å². The summed E-state index contributed by atoms with van der Waals surface area (Å²) in [6.07, 6.45) is -4.40.